The van der Waals surface area contributed by atoms with Gasteiger partial charge in [-0.1, -0.05) is 24.3 Å². The molecule has 0 aliphatic rings. The van der Waals surface area contributed by atoms with Gasteiger partial charge >= 0.3 is 0 Å². The highest BCUT2D eigenvalue weighted by Gasteiger charge is 2.19. The Kier molecular flexibility index (Phi) is 5.64. The summed E-state index contributed by atoms with van der Waals surface area (Å²) in [5.74, 6) is -0.308. The third-order valence-electron chi connectivity index (χ3n) is 6.30. The smallest absolute Gasteiger partial charge is 0.255 e. The topological polar surface area (TPSA) is 136 Å². The lowest BCUT2D eigenvalue weighted by molar-refractivity contribution is 0.0947. The first-order valence-electron chi connectivity index (χ1n) is 11.6. The first kappa shape index (κ1) is 23.1. The summed E-state index contributed by atoms with van der Waals surface area (Å²) in [5.41, 5.74) is 11.8. The average Bonchev–Trinajstić information content (AvgIpc) is 3.56. The van der Waals surface area contributed by atoms with Crippen LogP contribution in [0.3, 0.4) is 0 Å². The van der Waals surface area contributed by atoms with Gasteiger partial charge in [0.25, 0.3) is 5.91 Å². The molecule has 0 unspecified atom stereocenters. The fourth-order valence-electron chi connectivity index (χ4n) is 4.42. The number of nitrogen functional groups attached to an aromatic ring is 1. The molecule has 0 aliphatic carbocycles. The Morgan fingerprint density at radius 2 is 1.97 bits per heavy atom. The number of carbonyl (C=O) groups is 1. The van der Waals surface area contributed by atoms with E-state index in [1.807, 2.05) is 34.9 Å². The maximum Gasteiger partial charge on any atom is 0.255 e. The molecule has 0 bridgehead atoms. The molecule has 0 radical (unpaired) electrons. The lowest BCUT2D eigenvalue weighted by Gasteiger charge is -2.11. The number of carbonyl (C=O) groups excluding carboxylic acids is 1. The highest BCUT2D eigenvalue weighted by molar-refractivity contribution is 6.06. The van der Waals surface area contributed by atoms with Crippen molar-refractivity contribution in [2.45, 2.75) is 6.54 Å². The second-order valence-electron chi connectivity index (χ2n) is 8.55. The van der Waals surface area contributed by atoms with E-state index in [0.717, 1.165) is 34.0 Å². The normalized spacial score (nSPS) is 11.2. The molecule has 4 aromatic heterocycles. The van der Waals surface area contributed by atoms with Gasteiger partial charge in [-0.25, -0.2) is 9.37 Å². The number of imidazole rings is 1. The van der Waals surface area contributed by atoms with E-state index in [0.29, 0.717) is 28.3 Å². The lowest BCUT2D eigenvalue weighted by atomic mass is 10.0. The molecule has 4 N–H and O–H groups in total. The van der Waals surface area contributed by atoms with Gasteiger partial charge in [-0.05, 0) is 23.8 Å². The Morgan fingerprint density at radius 1 is 1.13 bits per heavy atom. The fraction of sp³-hybridized carbons (Fsp3) is 0.0741. The zero-order valence-corrected chi connectivity index (χ0v) is 20.1. The van der Waals surface area contributed by atoms with Crippen LogP contribution in [0, 0.1) is 5.82 Å². The number of methoxy groups -OCH3 is 1. The number of nitrogens with two attached hydrogens (primary N) is 1. The summed E-state index contributed by atoms with van der Waals surface area (Å²) >= 11 is 0. The number of rotatable bonds is 6. The van der Waals surface area contributed by atoms with Crippen LogP contribution in [0.5, 0.6) is 5.75 Å². The molecular weight excluding hydrogens is 487 g/mol. The molecule has 0 atom stereocenters. The number of benzene rings is 2. The number of nitrogens with one attached hydrogen (secondary N) is 2. The number of hydrogen-bond acceptors (Lipinski definition) is 7. The molecule has 2 aromatic carbocycles. The van der Waals surface area contributed by atoms with Crippen molar-refractivity contribution in [2.75, 3.05) is 12.8 Å². The summed E-state index contributed by atoms with van der Waals surface area (Å²) < 4.78 is 20.7. The van der Waals surface area contributed by atoms with E-state index >= 15 is 0 Å². The minimum atomic E-state index is -0.512. The van der Waals surface area contributed by atoms with Crippen molar-refractivity contribution in [3.8, 4) is 28.3 Å². The van der Waals surface area contributed by atoms with E-state index in [9.17, 15) is 9.18 Å². The number of amides is 1. The number of halogens is 1. The van der Waals surface area contributed by atoms with Gasteiger partial charge in [0.2, 0.25) is 0 Å². The summed E-state index contributed by atoms with van der Waals surface area (Å²) in [6.07, 6.45) is 8.73. The van der Waals surface area contributed by atoms with Crippen LogP contribution in [0.4, 0.5) is 10.2 Å². The number of anilines is 1. The monoisotopic (exact) mass is 508 g/mol. The quantitative estimate of drug-likeness (QED) is 0.309. The van der Waals surface area contributed by atoms with Crippen molar-refractivity contribution in [2.24, 2.45) is 0 Å². The van der Waals surface area contributed by atoms with Crippen molar-refractivity contribution in [3.63, 3.8) is 0 Å². The molecule has 188 valence electrons. The molecule has 10 nitrogen and oxygen atoms in total. The number of hydrogen-bond donors (Lipinski definition) is 3. The largest absolute Gasteiger partial charge is 0.496 e. The Bertz CT molecular complexity index is 1810. The molecule has 6 aromatic rings. The maximum atomic E-state index is 13.6. The van der Waals surface area contributed by atoms with Crippen LogP contribution < -0.4 is 15.8 Å². The Labute approximate surface area is 215 Å². The van der Waals surface area contributed by atoms with Gasteiger partial charge in [0.15, 0.2) is 11.5 Å². The number of nitrogens with zero attached hydrogens (tertiary/aromatic N) is 5. The van der Waals surface area contributed by atoms with Crippen LogP contribution in [-0.2, 0) is 6.54 Å². The van der Waals surface area contributed by atoms with Gasteiger partial charge in [-0.3, -0.25) is 24.3 Å². The van der Waals surface area contributed by atoms with Gasteiger partial charge in [0, 0.05) is 36.3 Å². The zero-order chi connectivity index (χ0) is 26.2. The first-order chi connectivity index (χ1) is 18.5. The van der Waals surface area contributed by atoms with E-state index in [4.69, 9.17) is 15.5 Å². The maximum absolute atomic E-state index is 13.6. The van der Waals surface area contributed by atoms with Crippen molar-refractivity contribution in [3.05, 3.63) is 90.4 Å². The highest BCUT2D eigenvalue weighted by atomic mass is 19.1. The lowest BCUT2D eigenvalue weighted by Crippen LogP contribution is -2.23. The number of ether oxygens (including phenoxy) is 1. The molecule has 0 saturated heterocycles. The molecule has 1 amide bonds. The molecule has 0 spiro atoms. The summed E-state index contributed by atoms with van der Waals surface area (Å²) in [4.78, 5) is 25.9. The highest BCUT2D eigenvalue weighted by Crippen LogP contribution is 2.35. The second kappa shape index (κ2) is 9.28. The minimum absolute atomic E-state index is 0.133. The third-order valence-corrected chi connectivity index (χ3v) is 6.30. The second-order valence-corrected chi connectivity index (χ2v) is 8.55. The van der Waals surface area contributed by atoms with Gasteiger partial charge < -0.3 is 15.8 Å². The van der Waals surface area contributed by atoms with E-state index in [-0.39, 0.29) is 12.1 Å². The molecule has 11 heteroatoms. The molecule has 6 rings (SSSR count). The van der Waals surface area contributed by atoms with E-state index < -0.39 is 11.7 Å². The van der Waals surface area contributed by atoms with Gasteiger partial charge in [0.05, 0.1) is 47.4 Å². The first-order valence-corrected chi connectivity index (χ1v) is 11.6. The molecule has 4 heterocycles. The van der Waals surface area contributed by atoms with Crippen LogP contribution >= 0.6 is 0 Å². The molecule has 38 heavy (non-hydrogen) atoms. The number of aromatic amines is 1. The van der Waals surface area contributed by atoms with Crippen molar-refractivity contribution in [1.82, 2.24) is 34.9 Å². The SMILES string of the molecule is COc1ccc(F)cc1C(=O)NCc1ccc(-c2ncc(-c3cnc4cnccn34)c3[nH]nc(N)c23)cc1. The van der Waals surface area contributed by atoms with Gasteiger partial charge in [-0.2, -0.15) is 5.10 Å². The fourth-order valence-corrected chi connectivity index (χ4v) is 4.42. The minimum Gasteiger partial charge on any atom is -0.496 e. The van der Waals surface area contributed by atoms with Crippen LogP contribution in [0.15, 0.2) is 73.4 Å². The summed E-state index contributed by atoms with van der Waals surface area (Å²) in [7, 11) is 1.43. The van der Waals surface area contributed by atoms with Crippen LogP contribution in [0.2, 0.25) is 0 Å². The van der Waals surface area contributed by atoms with Gasteiger partial charge in [0.1, 0.15) is 11.6 Å². The number of fused-ring (bicyclic) bond motifs is 2. The van der Waals surface area contributed by atoms with Crippen LogP contribution in [-0.4, -0.2) is 42.6 Å². The number of H-pyrrole nitrogens is 1. The standard InChI is InChI=1S/C27H21FN8O2/c1-38-21-7-6-17(28)10-18(21)27(37)33-11-15-2-4-16(5-3-15)24-23-25(34-35-26(23)29)19(12-32-24)20-13-31-22-14-30-8-9-36(20)22/h2-10,12-14H,11H2,1H3,(H,33,37)(H3,29,34,35). The van der Waals surface area contributed by atoms with E-state index in [2.05, 4.69) is 25.5 Å². The Hall–Kier alpha value is -5.32. The molecule has 0 saturated carbocycles. The van der Waals surface area contributed by atoms with Crippen molar-refractivity contribution in [1.29, 1.82) is 0 Å². The van der Waals surface area contributed by atoms with E-state index in [1.54, 1.807) is 24.8 Å². The summed E-state index contributed by atoms with van der Waals surface area (Å²) in [6, 6.07) is 11.4. The molecule has 0 fully saturated rings. The summed E-state index contributed by atoms with van der Waals surface area (Å²) in [6.45, 7) is 0.248. The number of aromatic nitrogens is 6. The van der Waals surface area contributed by atoms with Crippen molar-refractivity contribution >= 4 is 28.3 Å². The Morgan fingerprint density at radius 3 is 2.79 bits per heavy atom. The zero-order valence-electron chi connectivity index (χ0n) is 20.1. The predicted molar refractivity (Wildman–Crippen MR) is 140 cm³/mol. The number of pyridine rings is 1. The van der Waals surface area contributed by atoms with Crippen LogP contribution in [0.1, 0.15) is 15.9 Å². The molecular formula is C27H21FN8O2. The predicted octanol–water partition coefficient (Wildman–Crippen LogP) is 3.99. The Balaban J connectivity index is 1.28. The van der Waals surface area contributed by atoms with Crippen LogP contribution in [0.25, 0.3) is 39.1 Å². The molecule has 0 aliphatic heterocycles. The van der Waals surface area contributed by atoms with Gasteiger partial charge in [-0.15, -0.1) is 0 Å². The van der Waals surface area contributed by atoms with Crippen molar-refractivity contribution < 1.29 is 13.9 Å². The third kappa shape index (κ3) is 3.95. The average molecular weight is 509 g/mol. The van der Waals surface area contributed by atoms with E-state index in [1.165, 1.54) is 19.2 Å². The summed E-state index contributed by atoms with van der Waals surface area (Å²) in [5, 5.41) is 10.8.